The molecule has 3 N–H and O–H groups in total. The minimum absolute atomic E-state index is 0.0518. The Morgan fingerprint density at radius 2 is 2.00 bits per heavy atom. The summed E-state index contributed by atoms with van der Waals surface area (Å²) in [5, 5.41) is 3.15. The Morgan fingerprint density at radius 1 is 1.43 bits per heavy atom. The summed E-state index contributed by atoms with van der Waals surface area (Å²) in [6.07, 6.45) is 0.650. The summed E-state index contributed by atoms with van der Waals surface area (Å²) < 4.78 is 5.69. The Labute approximate surface area is 129 Å². The van der Waals surface area contributed by atoms with Crippen molar-refractivity contribution < 1.29 is 9.53 Å². The molecule has 0 spiro atoms. The van der Waals surface area contributed by atoms with Gasteiger partial charge in [-0.05, 0) is 26.9 Å². The topological polar surface area (TPSA) is 67.6 Å². The molecule has 0 aromatic heterocycles. The number of carbonyl (C=O) groups excluding carboxylic acids is 1. The lowest BCUT2D eigenvalue weighted by atomic mass is 9.54. The first-order valence-corrected chi connectivity index (χ1v) is 7.92. The average molecular weight is 299 g/mol. The van der Waals surface area contributed by atoms with E-state index in [1.54, 1.807) is 0 Å². The maximum absolute atomic E-state index is 12.7. The van der Waals surface area contributed by atoms with Crippen molar-refractivity contribution in [3.63, 3.8) is 0 Å². The van der Waals surface area contributed by atoms with Gasteiger partial charge in [0.1, 0.15) is 5.54 Å². The van der Waals surface area contributed by atoms with Gasteiger partial charge in [0.2, 0.25) is 5.91 Å². The molecule has 124 valence electrons. The predicted molar refractivity (Wildman–Crippen MR) is 86.1 cm³/mol. The van der Waals surface area contributed by atoms with E-state index in [2.05, 4.69) is 24.1 Å². The van der Waals surface area contributed by atoms with Crippen LogP contribution in [0.4, 0.5) is 0 Å². The summed E-state index contributed by atoms with van der Waals surface area (Å²) in [4.78, 5) is 14.8. The van der Waals surface area contributed by atoms with Gasteiger partial charge >= 0.3 is 0 Å². The molecule has 0 bridgehead atoms. The zero-order valence-corrected chi connectivity index (χ0v) is 14.7. The van der Waals surface area contributed by atoms with Gasteiger partial charge in [0, 0.05) is 31.0 Å². The van der Waals surface area contributed by atoms with Crippen molar-refractivity contribution in [3.8, 4) is 0 Å². The van der Waals surface area contributed by atoms with Gasteiger partial charge in [-0.2, -0.15) is 0 Å². The Morgan fingerprint density at radius 3 is 2.38 bits per heavy atom. The molecule has 1 saturated carbocycles. The summed E-state index contributed by atoms with van der Waals surface area (Å²) in [6, 6.07) is 0.106. The fraction of sp³-hybridized carbons (Fsp3) is 0.938. The van der Waals surface area contributed by atoms with Crippen LogP contribution in [0.25, 0.3) is 0 Å². The van der Waals surface area contributed by atoms with Gasteiger partial charge in [-0.15, -0.1) is 0 Å². The van der Waals surface area contributed by atoms with Crippen LogP contribution in [-0.4, -0.2) is 55.7 Å². The van der Waals surface area contributed by atoms with Crippen molar-refractivity contribution in [2.45, 2.75) is 58.7 Å². The van der Waals surface area contributed by atoms with Crippen LogP contribution >= 0.6 is 0 Å². The third kappa shape index (κ3) is 3.58. The SMILES string of the molecule is CCOC1CC(N)(C(=O)NC(CN(C)C)C(C)C)C1(C)C. The average Bonchev–Trinajstić information content (AvgIpc) is 2.36. The van der Waals surface area contributed by atoms with Crippen molar-refractivity contribution >= 4 is 5.91 Å². The van der Waals surface area contributed by atoms with Crippen LogP contribution < -0.4 is 11.1 Å². The second-order valence-electron chi connectivity index (χ2n) is 7.43. The van der Waals surface area contributed by atoms with E-state index in [1.807, 2.05) is 34.9 Å². The van der Waals surface area contributed by atoms with Crippen LogP contribution in [0.1, 0.15) is 41.0 Å². The number of nitrogens with two attached hydrogens (primary N) is 1. The molecule has 3 atom stereocenters. The number of carbonyl (C=O) groups is 1. The van der Waals surface area contributed by atoms with Crippen LogP contribution in [-0.2, 0) is 9.53 Å². The van der Waals surface area contributed by atoms with Crippen molar-refractivity contribution in [1.82, 2.24) is 10.2 Å². The van der Waals surface area contributed by atoms with Gasteiger partial charge in [-0.3, -0.25) is 4.79 Å². The van der Waals surface area contributed by atoms with Crippen molar-refractivity contribution in [2.75, 3.05) is 27.2 Å². The molecular weight excluding hydrogens is 266 g/mol. The third-order valence-corrected chi connectivity index (χ3v) is 4.92. The van der Waals surface area contributed by atoms with Gasteiger partial charge in [0.05, 0.1) is 6.10 Å². The molecule has 3 unspecified atom stereocenters. The number of amides is 1. The minimum Gasteiger partial charge on any atom is -0.378 e. The number of ether oxygens (including phenoxy) is 1. The number of hydrogen-bond acceptors (Lipinski definition) is 4. The smallest absolute Gasteiger partial charge is 0.241 e. The summed E-state index contributed by atoms with van der Waals surface area (Å²) >= 11 is 0. The fourth-order valence-corrected chi connectivity index (χ4v) is 2.93. The van der Waals surface area contributed by atoms with E-state index in [-0.39, 0.29) is 23.5 Å². The molecule has 0 aromatic rings. The standard InChI is InChI=1S/C16H33N3O2/c1-8-21-13-9-16(17,15(13,4)5)14(20)18-12(11(2)3)10-19(6)7/h11-13H,8-10,17H2,1-7H3,(H,18,20). The lowest BCUT2D eigenvalue weighted by molar-refractivity contribution is -0.171. The van der Waals surface area contributed by atoms with Crippen LogP contribution in [0.2, 0.25) is 0 Å². The van der Waals surface area contributed by atoms with E-state index in [0.29, 0.717) is 18.9 Å². The summed E-state index contributed by atoms with van der Waals surface area (Å²) in [5.41, 5.74) is 5.24. The predicted octanol–water partition coefficient (Wildman–Crippen LogP) is 1.22. The molecule has 1 aliphatic rings. The van der Waals surface area contributed by atoms with Crippen molar-refractivity contribution in [1.29, 1.82) is 0 Å². The second-order valence-corrected chi connectivity index (χ2v) is 7.43. The number of nitrogens with one attached hydrogen (secondary N) is 1. The molecule has 5 nitrogen and oxygen atoms in total. The highest BCUT2D eigenvalue weighted by Gasteiger charge is 2.63. The lowest BCUT2D eigenvalue weighted by Gasteiger charge is -2.57. The zero-order chi connectivity index (χ0) is 16.4. The maximum atomic E-state index is 12.7. The summed E-state index contributed by atoms with van der Waals surface area (Å²) in [6.45, 7) is 11.7. The van der Waals surface area contributed by atoms with E-state index >= 15 is 0 Å². The Kier molecular flexibility index (Phi) is 5.81. The Bertz CT molecular complexity index is 369. The normalized spacial score (nSPS) is 29.3. The van der Waals surface area contributed by atoms with Crippen LogP contribution in [0, 0.1) is 11.3 Å². The number of likely N-dealkylation sites (N-methyl/N-ethyl adjacent to an activating group) is 1. The third-order valence-electron chi connectivity index (χ3n) is 4.92. The monoisotopic (exact) mass is 299 g/mol. The molecular formula is C16H33N3O2. The molecule has 0 aromatic carbocycles. The number of rotatable bonds is 7. The molecule has 0 aliphatic heterocycles. The van der Waals surface area contributed by atoms with E-state index in [1.165, 1.54) is 0 Å². The van der Waals surface area contributed by atoms with E-state index in [9.17, 15) is 4.79 Å². The molecule has 1 rings (SSSR count). The summed E-state index contributed by atoms with van der Waals surface area (Å²) in [7, 11) is 4.02. The quantitative estimate of drug-likeness (QED) is 0.742. The zero-order valence-electron chi connectivity index (χ0n) is 14.7. The molecule has 0 radical (unpaired) electrons. The largest absolute Gasteiger partial charge is 0.378 e. The molecule has 1 aliphatic carbocycles. The van der Waals surface area contributed by atoms with Crippen molar-refractivity contribution in [3.05, 3.63) is 0 Å². The van der Waals surface area contributed by atoms with Gasteiger partial charge in [-0.1, -0.05) is 27.7 Å². The second kappa shape index (κ2) is 6.63. The Balaban J connectivity index is 2.74. The molecule has 0 heterocycles. The lowest BCUT2D eigenvalue weighted by Crippen LogP contribution is -2.76. The molecule has 5 heteroatoms. The highest BCUT2D eigenvalue weighted by atomic mass is 16.5. The minimum atomic E-state index is -0.841. The van der Waals surface area contributed by atoms with Gasteiger partial charge < -0.3 is 20.7 Å². The van der Waals surface area contributed by atoms with Gasteiger partial charge in [0.25, 0.3) is 0 Å². The van der Waals surface area contributed by atoms with Gasteiger partial charge in [0.15, 0.2) is 0 Å². The number of hydrogen-bond donors (Lipinski definition) is 2. The van der Waals surface area contributed by atoms with Crippen LogP contribution in [0.5, 0.6) is 0 Å². The first kappa shape index (κ1) is 18.4. The first-order valence-electron chi connectivity index (χ1n) is 7.92. The van der Waals surface area contributed by atoms with Crippen LogP contribution in [0.15, 0.2) is 0 Å². The Hall–Kier alpha value is -0.650. The highest BCUT2D eigenvalue weighted by Crippen LogP contribution is 2.49. The maximum Gasteiger partial charge on any atom is 0.241 e. The van der Waals surface area contributed by atoms with E-state index in [4.69, 9.17) is 10.5 Å². The molecule has 0 saturated heterocycles. The van der Waals surface area contributed by atoms with Crippen LogP contribution in [0.3, 0.4) is 0 Å². The molecule has 21 heavy (non-hydrogen) atoms. The first-order chi connectivity index (χ1) is 9.56. The van der Waals surface area contributed by atoms with Gasteiger partial charge in [-0.25, -0.2) is 0 Å². The van der Waals surface area contributed by atoms with E-state index in [0.717, 1.165) is 6.54 Å². The van der Waals surface area contributed by atoms with E-state index < -0.39 is 5.54 Å². The molecule has 1 amide bonds. The summed E-state index contributed by atoms with van der Waals surface area (Å²) in [5.74, 6) is 0.315. The molecule has 1 fully saturated rings. The van der Waals surface area contributed by atoms with Crippen molar-refractivity contribution in [2.24, 2.45) is 17.1 Å². The number of nitrogens with zero attached hydrogens (tertiary/aromatic N) is 1. The fourth-order valence-electron chi connectivity index (χ4n) is 2.93. The highest BCUT2D eigenvalue weighted by molar-refractivity contribution is 5.89.